The van der Waals surface area contributed by atoms with Crippen LogP contribution in [0.5, 0.6) is 28.7 Å². The highest BCUT2D eigenvalue weighted by atomic mass is 127. The third kappa shape index (κ3) is 28.1. The third-order valence-corrected chi connectivity index (χ3v) is 23.8. The molecule has 146 heavy (non-hydrogen) atoms. The maximum absolute atomic E-state index is 13.5. The molecule has 39 heteroatoms. The Morgan fingerprint density at radius 1 is 0.295 bits per heavy atom. The first-order valence-corrected chi connectivity index (χ1v) is 47.4. The number of primary amides is 1. The number of benzene rings is 12. The number of thioether (sulfide) groups is 1. The Morgan fingerprint density at radius 3 is 0.932 bits per heavy atom. The number of hydrogen-bond donors (Lipinski definition) is 1. The third-order valence-electron chi connectivity index (χ3n) is 20.4. The molecule has 0 bridgehead atoms. The van der Waals surface area contributed by atoms with Gasteiger partial charge in [0.25, 0.3) is 0 Å². The zero-order valence-corrected chi connectivity index (χ0v) is 82.8. The number of hydrogen-bond acceptors (Lipinski definition) is 29. The number of carbonyl (C=O) groups excluding carboxylic acids is 9. The molecular formula is C107H68Cl6F2INO28S. The SMILES string of the molecule is COC(=O)c1ccc(OC(=O)c2cc3cc(CCl)ccc3oc2=O)cc1.COC(=O)c1cccc(OC(=O)c2cc3cc(CCl)ccc3oc2=O)c1.NC(=O)c1cccc(OC(=O)c2cc3cc(CCl)ccc3oc2=O)c1.O=C(Oc1cc(F)ccc1F)c1cc2cc(CCl)ccc2oc1=O.O=C(Oc1cccc(I)c1)c1cc2cc(CCl)ccc2oc1=O.O=C(Sc1ccccc1)c1cc2cc(CCl)ccc2oc1=O. The lowest BCUT2D eigenvalue weighted by atomic mass is 10.1. The fourth-order valence-corrected chi connectivity index (χ4v) is 15.5. The molecule has 0 aliphatic heterocycles. The van der Waals surface area contributed by atoms with Gasteiger partial charge in [-0.2, -0.15) is 0 Å². The first-order chi connectivity index (χ1) is 70.2. The number of amides is 1. The van der Waals surface area contributed by atoms with Crippen LogP contribution in [-0.4, -0.2) is 67.0 Å². The Hall–Kier alpha value is -16.0. The Labute approximate surface area is 868 Å². The molecule has 12 aromatic carbocycles. The lowest BCUT2D eigenvalue weighted by Crippen LogP contribution is -2.19. The molecule has 2 N–H and O–H groups in total. The number of ether oxygens (including phenoxy) is 7. The Bertz CT molecular complexity index is 8510. The van der Waals surface area contributed by atoms with Gasteiger partial charge in [0.15, 0.2) is 11.6 Å². The largest absolute Gasteiger partial charge is 0.465 e. The molecule has 0 spiro atoms. The van der Waals surface area contributed by atoms with Gasteiger partial charge in [0, 0.05) is 87.7 Å². The van der Waals surface area contributed by atoms with Gasteiger partial charge < -0.3 is 65.4 Å². The van der Waals surface area contributed by atoms with Crippen molar-refractivity contribution in [2.24, 2.45) is 5.73 Å². The molecule has 0 aliphatic carbocycles. The average Bonchev–Trinajstić information content (AvgIpc) is 0.815. The fraction of sp³-hybridized carbons (Fsp3) is 0.0748. The van der Waals surface area contributed by atoms with Crippen molar-refractivity contribution < 1.29 is 112 Å². The van der Waals surface area contributed by atoms with Crippen LogP contribution in [0.15, 0.2) is 351 Å². The number of fused-ring (bicyclic) bond motifs is 6. The second-order valence-electron chi connectivity index (χ2n) is 30.3. The van der Waals surface area contributed by atoms with Crippen molar-refractivity contribution in [1.82, 2.24) is 0 Å². The standard InChI is InChI=1S/2C19H13ClO6.C18H12ClNO5.C17H9ClF2O4.C17H10ClIO4.C17H11ClO3S/c1-24-17(21)12-3-5-14(6-4-12)25-18(22)15-9-13-8-11(10-20)2-7-16(13)26-19(15)23;1-24-17(21)12-3-2-4-14(8-12)25-18(22)15-9-13-7-11(10-20)5-6-16(13)26-19(15)23;19-9-10-4-5-15-12(6-10)8-14(18(23)25-15)17(22)24-13-3-1-2-11(7-13)16(20)21;18-8-9-1-4-14-10(5-9)6-12(16(21)23-14)17(22)24-15-7-11(19)2-3-13(15)20;18-9-10-4-5-15-11(6-10)7-14(17(21)23-15)16(20)22-13-3-1-2-12(19)8-13;18-10-11-6-7-15-12(8-11)9-14(16(19)21-15)17(20)22-13-4-2-1-3-5-13/h2*2-9H,10H2,1H3;1-8H,9H2,(H2,20,21);1-7H,8H2;1-8H,9H2;1-9H,10H2. The number of halogens is 9. The normalized spacial score (nSPS) is 10.7. The van der Waals surface area contributed by atoms with Crippen molar-refractivity contribution in [3.63, 3.8) is 0 Å². The number of alkyl halides is 6. The molecular weight excluding hydrogens is 2160 g/mol. The van der Waals surface area contributed by atoms with Gasteiger partial charge in [-0.3, -0.25) is 9.59 Å². The Kier molecular flexibility index (Phi) is 37.0. The molecule has 1 amide bonds. The quantitative estimate of drug-likeness (QED) is 0.0174. The van der Waals surface area contributed by atoms with Gasteiger partial charge in [-0.25, -0.2) is 71.1 Å². The highest BCUT2D eigenvalue weighted by Crippen LogP contribution is 2.30. The van der Waals surface area contributed by atoms with Crippen molar-refractivity contribution in [3.8, 4) is 28.7 Å². The second kappa shape index (κ2) is 50.3. The lowest BCUT2D eigenvalue weighted by Gasteiger charge is -2.06. The van der Waals surface area contributed by atoms with E-state index in [9.17, 15) is 80.7 Å². The van der Waals surface area contributed by atoms with Gasteiger partial charge in [0.05, 0.1) is 25.3 Å². The minimum absolute atomic E-state index is 0.0353. The lowest BCUT2D eigenvalue weighted by molar-refractivity contribution is 0.0591. The van der Waals surface area contributed by atoms with Crippen LogP contribution in [0.2, 0.25) is 0 Å². The van der Waals surface area contributed by atoms with E-state index in [1.807, 2.05) is 42.5 Å². The molecule has 6 aromatic heterocycles. The molecule has 0 fully saturated rings. The first-order valence-electron chi connectivity index (χ1n) is 42.3. The van der Waals surface area contributed by atoms with Crippen LogP contribution < -0.4 is 63.2 Å². The molecule has 0 saturated carbocycles. The van der Waals surface area contributed by atoms with Gasteiger partial charge in [-0.1, -0.05) is 72.8 Å². The minimum Gasteiger partial charge on any atom is -0.465 e. The summed E-state index contributed by atoms with van der Waals surface area (Å²) in [5, 5.41) is 3.11. The highest BCUT2D eigenvalue weighted by molar-refractivity contribution is 14.1. The van der Waals surface area contributed by atoms with E-state index in [2.05, 4.69) is 32.1 Å². The Morgan fingerprint density at radius 2 is 0.596 bits per heavy atom. The number of rotatable bonds is 21. The van der Waals surface area contributed by atoms with Crippen molar-refractivity contribution in [3.05, 3.63) is 452 Å². The summed E-state index contributed by atoms with van der Waals surface area (Å²) in [6.45, 7) is 0. The molecule has 0 radical (unpaired) electrons. The predicted octanol–water partition coefficient (Wildman–Crippen LogP) is 22.8. The summed E-state index contributed by atoms with van der Waals surface area (Å²) in [6, 6.07) is 75.0. The van der Waals surface area contributed by atoms with E-state index < -0.39 is 104 Å². The van der Waals surface area contributed by atoms with E-state index in [4.69, 9.17) is 126 Å². The smallest absolute Gasteiger partial charge is 0.351 e. The van der Waals surface area contributed by atoms with Gasteiger partial charge >= 0.3 is 75.5 Å². The molecule has 6 heterocycles. The topological polar surface area (TPSA) is 426 Å². The average molecular weight is 2230 g/mol. The van der Waals surface area contributed by atoms with E-state index >= 15 is 0 Å². The molecule has 29 nitrogen and oxygen atoms in total. The van der Waals surface area contributed by atoms with Crippen LogP contribution in [0.25, 0.3) is 65.8 Å². The van der Waals surface area contributed by atoms with Crippen molar-refractivity contribution >= 4 is 223 Å². The summed E-state index contributed by atoms with van der Waals surface area (Å²) >= 11 is 37.8. The highest BCUT2D eigenvalue weighted by Gasteiger charge is 2.26. The number of methoxy groups -OCH3 is 2. The second-order valence-corrected chi connectivity index (χ2v) is 34.2. The maximum atomic E-state index is 13.5. The van der Waals surface area contributed by atoms with E-state index in [-0.39, 0.29) is 84.5 Å². The summed E-state index contributed by atoms with van der Waals surface area (Å²) < 4.78 is 93.2. The summed E-state index contributed by atoms with van der Waals surface area (Å²) in [5.41, 5.74) is 6.99. The van der Waals surface area contributed by atoms with E-state index in [0.717, 1.165) is 65.7 Å². The predicted molar refractivity (Wildman–Crippen MR) is 550 cm³/mol. The summed E-state index contributed by atoms with van der Waals surface area (Å²) in [5.74, 6) is -6.06. The molecule has 0 saturated heterocycles. The maximum Gasteiger partial charge on any atom is 0.351 e. The monoisotopic (exact) mass is 2220 g/mol. The van der Waals surface area contributed by atoms with Crippen molar-refractivity contribution in [2.75, 3.05) is 14.2 Å². The van der Waals surface area contributed by atoms with Crippen LogP contribution >= 0.6 is 104 Å². The van der Waals surface area contributed by atoms with E-state index in [1.54, 1.807) is 127 Å². The van der Waals surface area contributed by atoms with E-state index in [1.165, 1.54) is 117 Å². The van der Waals surface area contributed by atoms with Crippen LogP contribution in [0, 0.1) is 15.2 Å². The summed E-state index contributed by atoms with van der Waals surface area (Å²) in [7, 11) is 2.52. The summed E-state index contributed by atoms with van der Waals surface area (Å²) in [6.07, 6.45) is 0. The molecule has 18 rings (SSSR count). The zero-order chi connectivity index (χ0) is 105. The molecule has 18 aromatic rings. The number of nitrogens with two attached hydrogens (primary N) is 1. The van der Waals surface area contributed by atoms with Crippen molar-refractivity contribution in [2.45, 2.75) is 40.2 Å². The number of carbonyl (C=O) groups is 9. The Balaban J connectivity index is 0.000000147. The molecule has 0 aliphatic rings. The summed E-state index contributed by atoms with van der Waals surface area (Å²) in [4.78, 5) is 181. The first kappa shape index (κ1) is 107. The minimum atomic E-state index is -1.15. The fourth-order valence-electron chi connectivity index (χ4n) is 13.2. The van der Waals surface area contributed by atoms with Gasteiger partial charge in [0.1, 0.15) is 95.7 Å². The van der Waals surface area contributed by atoms with E-state index in [0.29, 0.717) is 95.3 Å². The van der Waals surface area contributed by atoms with Crippen LogP contribution in [0.3, 0.4) is 0 Å². The van der Waals surface area contributed by atoms with Crippen molar-refractivity contribution in [1.29, 1.82) is 0 Å². The molecule has 0 atom stereocenters. The molecule has 738 valence electrons. The van der Waals surface area contributed by atoms with Crippen LogP contribution in [0.4, 0.5) is 8.78 Å². The zero-order valence-electron chi connectivity index (χ0n) is 75.3. The van der Waals surface area contributed by atoms with Crippen LogP contribution in [-0.2, 0) is 44.8 Å². The molecule has 0 unspecified atom stereocenters. The van der Waals surface area contributed by atoms with Gasteiger partial charge in [-0.05, 0) is 280 Å². The van der Waals surface area contributed by atoms with Gasteiger partial charge in [0.2, 0.25) is 11.0 Å². The van der Waals surface area contributed by atoms with Gasteiger partial charge in [-0.15, -0.1) is 69.6 Å². The van der Waals surface area contributed by atoms with Crippen LogP contribution in [0.1, 0.15) is 127 Å². The number of esters is 7.